The lowest BCUT2D eigenvalue weighted by Crippen LogP contribution is -2.45. The number of esters is 1. The third-order valence-corrected chi connectivity index (χ3v) is 4.81. The Hall–Kier alpha value is -1.60. The molecule has 0 spiro atoms. The van der Waals surface area contributed by atoms with Gasteiger partial charge in [-0.1, -0.05) is 13.8 Å². The zero-order chi connectivity index (χ0) is 16.4. The van der Waals surface area contributed by atoms with E-state index < -0.39 is 22.0 Å². The summed E-state index contributed by atoms with van der Waals surface area (Å²) in [5.41, 5.74) is 7.40. The van der Waals surface area contributed by atoms with Crippen LogP contribution in [0.1, 0.15) is 25.0 Å². The molecule has 1 unspecified atom stereocenters. The van der Waals surface area contributed by atoms with Crippen molar-refractivity contribution >= 4 is 21.7 Å². The monoisotopic (exact) mass is 314 g/mol. The first-order chi connectivity index (χ1) is 9.60. The fourth-order valence-corrected chi connectivity index (χ4v) is 3.64. The Morgan fingerprint density at radius 1 is 1.29 bits per heavy atom. The van der Waals surface area contributed by atoms with Crippen molar-refractivity contribution in [1.82, 2.24) is 4.72 Å². The molecule has 3 N–H and O–H groups in total. The zero-order valence-corrected chi connectivity index (χ0v) is 13.7. The molecule has 118 valence electrons. The van der Waals surface area contributed by atoms with Crippen LogP contribution in [-0.4, -0.2) is 27.5 Å². The number of hydrogen-bond acceptors (Lipinski definition) is 5. The molecular weight excluding hydrogens is 292 g/mol. The summed E-state index contributed by atoms with van der Waals surface area (Å²) in [5, 5.41) is 0. The van der Waals surface area contributed by atoms with Crippen molar-refractivity contribution in [3.05, 3.63) is 23.3 Å². The van der Waals surface area contributed by atoms with Crippen molar-refractivity contribution in [3.8, 4) is 0 Å². The fraction of sp³-hybridized carbons (Fsp3) is 0.500. The van der Waals surface area contributed by atoms with Crippen LogP contribution in [0.15, 0.2) is 17.0 Å². The number of carbonyl (C=O) groups excluding carboxylic acids is 1. The highest BCUT2D eigenvalue weighted by molar-refractivity contribution is 7.89. The van der Waals surface area contributed by atoms with Gasteiger partial charge in [0.15, 0.2) is 0 Å². The average Bonchev–Trinajstić information content (AvgIpc) is 2.38. The SMILES string of the molecule is COC(=O)C(NS(=O)(=O)c1cc(C)cc(N)c1C)C(C)C. The van der Waals surface area contributed by atoms with Crippen molar-refractivity contribution in [2.75, 3.05) is 12.8 Å². The van der Waals surface area contributed by atoms with Gasteiger partial charge in [-0.3, -0.25) is 4.79 Å². The van der Waals surface area contributed by atoms with Gasteiger partial charge in [0.05, 0.1) is 12.0 Å². The van der Waals surface area contributed by atoms with E-state index in [4.69, 9.17) is 5.73 Å². The second-order valence-electron chi connectivity index (χ2n) is 5.34. The minimum absolute atomic E-state index is 0.0783. The summed E-state index contributed by atoms with van der Waals surface area (Å²) in [6.07, 6.45) is 0. The number of sulfonamides is 1. The van der Waals surface area contributed by atoms with Crippen molar-refractivity contribution in [2.24, 2.45) is 5.92 Å². The van der Waals surface area contributed by atoms with Crippen molar-refractivity contribution < 1.29 is 17.9 Å². The molecule has 0 heterocycles. The molecule has 1 aromatic carbocycles. The Morgan fingerprint density at radius 2 is 1.86 bits per heavy atom. The number of carbonyl (C=O) groups is 1. The summed E-state index contributed by atoms with van der Waals surface area (Å²) in [4.78, 5) is 11.8. The largest absolute Gasteiger partial charge is 0.468 e. The molecule has 1 rings (SSSR count). The number of anilines is 1. The van der Waals surface area contributed by atoms with Gasteiger partial charge in [-0.05, 0) is 43.0 Å². The molecule has 0 aliphatic rings. The molecule has 0 amide bonds. The summed E-state index contributed by atoms with van der Waals surface area (Å²) < 4.78 is 32.1. The van der Waals surface area contributed by atoms with Gasteiger partial charge in [0.1, 0.15) is 6.04 Å². The van der Waals surface area contributed by atoms with Crippen molar-refractivity contribution in [2.45, 2.75) is 38.6 Å². The van der Waals surface area contributed by atoms with E-state index in [2.05, 4.69) is 9.46 Å². The van der Waals surface area contributed by atoms with Gasteiger partial charge >= 0.3 is 5.97 Å². The standard InChI is InChI=1S/C14H22N2O4S/c1-8(2)13(14(17)20-5)16-21(18,19)12-7-9(3)6-11(15)10(12)4/h6-8,13,16H,15H2,1-5H3. The molecule has 6 nitrogen and oxygen atoms in total. The van der Waals surface area contributed by atoms with Gasteiger partial charge in [-0.25, -0.2) is 8.42 Å². The molecule has 21 heavy (non-hydrogen) atoms. The van der Waals surface area contributed by atoms with E-state index in [1.54, 1.807) is 33.8 Å². The smallest absolute Gasteiger partial charge is 0.324 e. The molecular formula is C14H22N2O4S. The minimum Gasteiger partial charge on any atom is -0.468 e. The van der Waals surface area contributed by atoms with Crippen molar-refractivity contribution in [3.63, 3.8) is 0 Å². The van der Waals surface area contributed by atoms with Crippen LogP contribution in [0.2, 0.25) is 0 Å². The first kappa shape index (κ1) is 17.5. The maximum absolute atomic E-state index is 12.5. The van der Waals surface area contributed by atoms with Crippen LogP contribution in [0.5, 0.6) is 0 Å². The molecule has 1 atom stereocenters. The predicted molar refractivity (Wildman–Crippen MR) is 81.3 cm³/mol. The maximum Gasteiger partial charge on any atom is 0.324 e. The lowest BCUT2D eigenvalue weighted by atomic mass is 10.1. The first-order valence-corrected chi connectivity index (χ1v) is 8.05. The number of benzene rings is 1. The van der Waals surface area contributed by atoms with Crippen LogP contribution >= 0.6 is 0 Å². The summed E-state index contributed by atoms with van der Waals surface area (Å²) in [6, 6.07) is 2.29. The lowest BCUT2D eigenvalue weighted by Gasteiger charge is -2.21. The van der Waals surface area contributed by atoms with E-state index in [9.17, 15) is 13.2 Å². The number of nitrogens with two attached hydrogens (primary N) is 1. The fourth-order valence-electron chi connectivity index (χ4n) is 1.95. The maximum atomic E-state index is 12.5. The van der Waals surface area contributed by atoms with Gasteiger partial charge in [0.25, 0.3) is 0 Å². The zero-order valence-electron chi connectivity index (χ0n) is 12.9. The number of ether oxygens (including phenoxy) is 1. The number of nitrogen functional groups attached to an aromatic ring is 1. The van der Waals surface area contributed by atoms with Gasteiger partial charge in [-0.15, -0.1) is 0 Å². The van der Waals surface area contributed by atoms with Gasteiger partial charge in [0, 0.05) is 5.69 Å². The molecule has 7 heteroatoms. The Kier molecular flexibility index (Phi) is 5.36. The van der Waals surface area contributed by atoms with E-state index in [-0.39, 0.29) is 10.8 Å². The Morgan fingerprint density at radius 3 is 2.33 bits per heavy atom. The highest BCUT2D eigenvalue weighted by Gasteiger charge is 2.30. The summed E-state index contributed by atoms with van der Waals surface area (Å²) in [5.74, 6) is -0.860. The highest BCUT2D eigenvalue weighted by Crippen LogP contribution is 2.23. The first-order valence-electron chi connectivity index (χ1n) is 6.57. The molecule has 0 aliphatic carbocycles. The van der Waals surface area contributed by atoms with Crippen LogP contribution in [0, 0.1) is 19.8 Å². The van der Waals surface area contributed by atoms with Crippen molar-refractivity contribution in [1.29, 1.82) is 0 Å². The lowest BCUT2D eigenvalue weighted by molar-refractivity contribution is -0.143. The van der Waals surface area contributed by atoms with E-state index >= 15 is 0 Å². The van der Waals surface area contributed by atoms with Crippen LogP contribution in [0.25, 0.3) is 0 Å². The molecule has 1 aromatic rings. The van der Waals surface area contributed by atoms with Crippen LogP contribution < -0.4 is 10.5 Å². The van der Waals surface area contributed by atoms with Crippen LogP contribution in [0.4, 0.5) is 5.69 Å². The Bertz CT molecular complexity index is 639. The number of methoxy groups -OCH3 is 1. The van der Waals surface area contributed by atoms with Crippen LogP contribution in [-0.2, 0) is 19.6 Å². The molecule has 0 saturated carbocycles. The van der Waals surface area contributed by atoms with E-state index in [1.807, 2.05) is 0 Å². The van der Waals surface area contributed by atoms with Crippen LogP contribution in [0.3, 0.4) is 0 Å². The van der Waals surface area contributed by atoms with E-state index in [0.717, 1.165) is 5.56 Å². The number of rotatable bonds is 5. The van der Waals surface area contributed by atoms with Gasteiger partial charge < -0.3 is 10.5 Å². The molecule has 0 bridgehead atoms. The molecule has 0 aromatic heterocycles. The number of nitrogens with one attached hydrogen (secondary N) is 1. The van der Waals surface area contributed by atoms with Gasteiger partial charge in [-0.2, -0.15) is 4.72 Å². The summed E-state index contributed by atoms with van der Waals surface area (Å²) in [6.45, 7) is 6.87. The molecule has 0 fully saturated rings. The third-order valence-electron chi connectivity index (χ3n) is 3.24. The van der Waals surface area contributed by atoms with E-state index in [0.29, 0.717) is 11.3 Å². The Balaban J connectivity index is 3.26. The number of hydrogen-bond donors (Lipinski definition) is 2. The number of aryl methyl sites for hydroxylation is 1. The average molecular weight is 314 g/mol. The highest BCUT2D eigenvalue weighted by atomic mass is 32.2. The normalized spacial score (nSPS) is 13.2. The molecule has 0 saturated heterocycles. The van der Waals surface area contributed by atoms with Gasteiger partial charge in [0.2, 0.25) is 10.0 Å². The molecule has 0 aliphatic heterocycles. The second kappa shape index (κ2) is 6.44. The topological polar surface area (TPSA) is 98.5 Å². The van der Waals surface area contributed by atoms with E-state index in [1.165, 1.54) is 13.2 Å². The third kappa shape index (κ3) is 3.95. The second-order valence-corrected chi connectivity index (χ2v) is 7.03. The molecule has 0 radical (unpaired) electrons. The Labute approximate surface area is 125 Å². The quantitative estimate of drug-likeness (QED) is 0.631. The predicted octanol–water partition coefficient (Wildman–Crippen LogP) is 1.36. The summed E-state index contributed by atoms with van der Waals surface area (Å²) in [7, 11) is -2.64. The summed E-state index contributed by atoms with van der Waals surface area (Å²) >= 11 is 0. The minimum atomic E-state index is -3.87.